The van der Waals surface area contributed by atoms with Crippen LogP contribution in [0, 0.1) is 5.82 Å². The standard InChI is InChI=1S/C28H36FN5O4/c1-3-8-24-27(36)31(15-16-38-20-22-11-13-23(29)14-12-22)18-25-33(24)26(35)19-32(4-2)34(25)28(37)30-17-21-9-6-5-7-10-21/h5-7,9-14,24-25H,3-4,8,15-20H2,1-2H3,(H,30,37)/t24-,25-/m0/s1. The smallest absolute Gasteiger partial charge is 0.334 e. The number of piperazine rings is 1. The predicted octanol–water partition coefficient (Wildman–Crippen LogP) is 2.97. The number of likely N-dealkylation sites (N-methyl/N-ethyl adjacent to an activating group) is 1. The summed E-state index contributed by atoms with van der Waals surface area (Å²) in [6, 6.07) is 14.8. The van der Waals surface area contributed by atoms with E-state index in [1.807, 2.05) is 44.2 Å². The van der Waals surface area contributed by atoms with Crippen molar-refractivity contribution >= 4 is 17.8 Å². The molecular weight excluding hydrogens is 489 g/mol. The van der Waals surface area contributed by atoms with E-state index in [1.165, 1.54) is 12.1 Å². The normalized spacial score (nSPS) is 20.0. The molecule has 2 fully saturated rings. The molecular formula is C28H36FN5O4. The molecule has 2 aliphatic heterocycles. The summed E-state index contributed by atoms with van der Waals surface area (Å²) in [5, 5.41) is 6.33. The van der Waals surface area contributed by atoms with Crippen molar-refractivity contribution in [3.63, 3.8) is 0 Å². The number of amides is 4. The molecule has 4 rings (SSSR count). The number of fused-ring (bicyclic) bond motifs is 1. The molecule has 1 N–H and O–H groups in total. The van der Waals surface area contributed by atoms with Crippen LogP contribution < -0.4 is 5.32 Å². The van der Waals surface area contributed by atoms with Crippen LogP contribution in [0.3, 0.4) is 0 Å². The van der Waals surface area contributed by atoms with E-state index in [0.717, 1.165) is 17.5 Å². The van der Waals surface area contributed by atoms with Crippen molar-refractivity contribution in [1.82, 2.24) is 25.1 Å². The van der Waals surface area contributed by atoms with Crippen LogP contribution >= 0.6 is 0 Å². The Bertz CT molecular complexity index is 1100. The molecule has 0 spiro atoms. The highest BCUT2D eigenvalue weighted by atomic mass is 19.1. The van der Waals surface area contributed by atoms with Crippen LogP contribution in [0.2, 0.25) is 0 Å². The minimum atomic E-state index is -0.633. The fraction of sp³-hybridized carbons (Fsp3) is 0.464. The van der Waals surface area contributed by atoms with Gasteiger partial charge in [-0.25, -0.2) is 19.2 Å². The highest BCUT2D eigenvalue weighted by Crippen LogP contribution is 2.28. The minimum absolute atomic E-state index is 0.0417. The zero-order chi connectivity index (χ0) is 27.1. The number of hydrogen-bond acceptors (Lipinski definition) is 5. The predicted molar refractivity (Wildman–Crippen MR) is 140 cm³/mol. The van der Waals surface area contributed by atoms with Gasteiger partial charge in [-0.2, -0.15) is 0 Å². The Balaban J connectivity index is 1.48. The van der Waals surface area contributed by atoms with Gasteiger partial charge in [-0.05, 0) is 29.7 Å². The van der Waals surface area contributed by atoms with Gasteiger partial charge in [0, 0.05) is 19.6 Å². The molecule has 2 saturated heterocycles. The van der Waals surface area contributed by atoms with Crippen molar-refractivity contribution < 1.29 is 23.5 Å². The first kappa shape index (κ1) is 27.5. The molecule has 10 heteroatoms. The van der Waals surface area contributed by atoms with Gasteiger partial charge >= 0.3 is 6.03 Å². The molecule has 0 aromatic heterocycles. The Morgan fingerprint density at radius 3 is 2.47 bits per heavy atom. The van der Waals surface area contributed by atoms with Crippen LogP contribution in [0.15, 0.2) is 54.6 Å². The number of ether oxygens (including phenoxy) is 1. The van der Waals surface area contributed by atoms with Crippen LogP contribution in [-0.4, -0.2) is 82.7 Å². The van der Waals surface area contributed by atoms with Gasteiger partial charge in [0.05, 0.1) is 26.3 Å². The number of nitrogens with one attached hydrogen (secondary N) is 1. The van der Waals surface area contributed by atoms with Crippen molar-refractivity contribution in [2.24, 2.45) is 0 Å². The third-order valence-electron chi connectivity index (χ3n) is 6.94. The van der Waals surface area contributed by atoms with E-state index >= 15 is 0 Å². The summed E-state index contributed by atoms with van der Waals surface area (Å²) in [6.07, 6.45) is 0.623. The van der Waals surface area contributed by atoms with E-state index in [-0.39, 0.29) is 43.4 Å². The summed E-state index contributed by atoms with van der Waals surface area (Å²) in [5.41, 5.74) is 1.81. The lowest BCUT2D eigenvalue weighted by Gasteiger charge is -2.55. The van der Waals surface area contributed by atoms with Gasteiger partial charge < -0.3 is 19.9 Å². The van der Waals surface area contributed by atoms with Crippen LogP contribution in [-0.2, 0) is 27.5 Å². The molecule has 204 valence electrons. The number of urea groups is 1. The fourth-order valence-electron chi connectivity index (χ4n) is 5.02. The van der Waals surface area contributed by atoms with E-state index in [0.29, 0.717) is 32.7 Å². The van der Waals surface area contributed by atoms with E-state index in [1.54, 1.807) is 32.0 Å². The highest BCUT2D eigenvalue weighted by Gasteiger charge is 2.50. The number of carbonyl (C=O) groups is 3. The second-order valence-corrected chi connectivity index (χ2v) is 9.52. The summed E-state index contributed by atoms with van der Waals surface area (Å²) >= 11 is 0. The average molecular weight is 526 g/mol. The van der Waals surface area contributed by atoms with E-state index in [2.05, 4.69) is 5.32 Å². The Kier molecular flexibility index (Phi) is 9.30. The quantitative estimate of drug-likeness (QED) is 0.482. The summed E-state index contributed by atoms with van der Waals surface area (Å²) in [7, 11) is 0. The van der Waals surface area contributed by atoms with Gasteiger partial charge in [0.1, 0.15) is 18.0 Å². The van der Waals surface area contributed by atoms with Gasteiger partial charge in [0.2, 0.25) is 11.8 Å². The van der Waals surface area contributed by atoms with Crippen molar-refractivity contribution in [3.05, 3.63) is 71.5 Å². The molecule has 0 unspecified atom stereocenters. The third-order valence-corrected chi connectivity index (χ3v) is 6.94. The summed E-state index contributed by atoms with van der Waals surface area (Å²) in [5.74, 6) is -0.584. The number of benzene rings is 2. The Morgan fingerprint density at radius 2 is 1.79 bits per heavy atom. The summed E-state index contributed by atoms with van der Waals surface area (Å²) < 4.78 is 18.9. The van der Waals surface area contributed by atoms with E-state index < -0.39 is 12.2 Å². The maximum absolute atomic E-state index is 13.5. The fourth-order valence-corrected chi connectivity index (χ4v) is 5.02. The Morgan fingerprint density at radius 1 is 1.05 bits per heavy atom. The number of halogens is 1. The van der Waals surface area contributed by atoms with Crippen molar-refractivity contribution in [2.75, 3.05) is 32.8 Å². The zero-order valence-electron chi connectivity index (χ0n) is 22.0. The summed E-state index contributed by atoms with van der Waals surface area (Å²) in [4.78, 5) is 43.5. The molecule has 0 radical (unpaired) electrons. The van der Waals surface area contributed by atoms with Crippen molar-refractivity contribution in [3.8, 4) is 0 Å². The van der Waals surface area contributed by atoms with Crippen molar-refractivity contribution in [2.45, 2.75) is 52.0 Å². The Labute approximate surface area is 223 Å². The highest BCUT2D eigenvalue weighted by molar-refractivity contribution is 5.91. The molecule has 0 bridgehead atoms. The molecule has 2 aromatic rings. The maximum Gasteiger partial charge on any atom is 0.334 e. The van der Waals surface area contributed by atoms with Crippen LogP contribution in [0.4, 0.5) is 9.18 Å². The monoisotopic (exact) mass is 525 g/mol. The first-order valence-electron chi connectivity index (χ1n) is 13.2. The molecule has 9 nitrogen and oxygen atoms in total. The van der Waals surface area contributed by atoms with Crippen LogP contribution in [0.1, 0.15) is 37.8 Å². The first-order chi connectivity index (χ1) is 18.4. The molecule has 38 heavy (non-hydrogen) atoms. The van der Waals surface area contributed by atoms with Gasteiger partial charge in [-0.15, -0.1) is 0 Å². The van der Waals surface area contributed by atoms with Gasteiger partial charge in [-0.1, -0.05) is 62.7 Å². The number of nitrogens with zero attached hydrogens (tertiary/aromatic N) is 4. The van der Waals surface area contributed by atoms with Gasteiger partial charge in [-0.3, -0.25) is 9.59 Å². The summed E-state index contributed by atoms with van der Waals surface area (Å²) in [6.45, 7) is 5.84. The number of rotatable bonds is 10. The van der Waals surface area contributed by atoms with Crippen LogP contribution in [0.25, 0.3) is 0 Å². The van der Waals surface area contributed by atoms with E-state index in [9.17, 15) is 18.8 Å². The molecule has 4 amide bonds. The SMILES string of the molecule is CCC[C@H]1C(=O)N(CCOCc2ccc(F)cc2)C[C@H]2N1C(=O)CN(CC)N2C(=O)NCc1ccccc1. The second-order valence-electron chi connectivity index (χ2n) is 9.52. The molecule has 0 saturated carbocycles. The van der Waals surface area contributed by atoms with E-state index in [4.69, 9.17) is 4.74 Å². The topological polar surface area (TPSA) is 85.4 Å². The van der Waals surface area contributed by atoms with Gasteiger partial charge in [0.15, 0.2) is 0 Å². The lowest BCUT2D eigenvalue weighted by atomic mass is 10.0. The Hall–Kier alpha value is -3.50. The molecule has 0 aliphatic carbocycles. The number of carbonyl (C=O) groups excluding carboxylic acids is 3. The largest absolute Gasteiger partial charge is 0.375 e. The average Bonchev–Trinajstić information content (AvgIpc) is 2.93. The van der Waals surface area contributed by atoms with Gasteiger partial charge in [0.25, 0.3) is 0 Å². The minimum Gasteiger partial charge on any atom is -0.375 e. The lowest BCUT2D eigenvalue weighted by molar-refractivity contribution is -0.190. The molecule has 2 aliphatic rings. The van der Waals surface area contributed by atoms with Crippen LogP contribution in [0.5, 0.6) is 0 Å². The van der Waals surface area contributed by atoms with Crippen molar-refractivity contribution in [1.29, 1.82) is 0 Å². The maximum atomic E-state index is 13.5. The molecule has 2 aromatic carbocycles. The number of hydrazine groups is 1. The third kappa shape index (κ3) is 6.31. The molecule has 2 heterocycles. The molecule has 2 atom stereocenters. The zero-order valence-corrected chi connectivity index (χ0v) is 22.0. The lowest BCUT2D eigenvalue weighted by Crippen LogP contribution is -2.76. The first-order valence-corrected chi connectivity index (χ1v) is 13.2. The number of hydrogen-bond donors (Lipinski definition) is 1. The second kappa shape index (κ2) is 12.8.